The van der Waals surface area contributed by atoms with Crippen molar-refractivity contribution in [2.45, 2.75) is 55.7 Å². The fourth-order valence-electron chi connectivity index (χ4n) is 4.08. The first kappa shape index (κ1) is 25.1. The van der Waals surface area contributed by atoms with Crippen molar-refractivity contribution in [3.63, 3.8) is 0 Å². The molecule has 0 saturated carbocycles. The third-order valence-corrected chi connectivity index (χ3v) is 9.48. The molecule has 0 spiro atoms. The number of benzene rings is 2. The molecule has 1 N–H and O–H groups in total. The highest BCUT2D eigenvalue weighted by molar-refractivity contribution is 7.99. The largest absolute Gasteiger partial charge is 0.481 e. The molecule has 3 atom stereocenters. The second-order valence-electron chi connectivity index (χ2n) is 8.26. The Bertz CT molecular complexity index is 1030. The van der Waals surface area contributed by atoms with Crippen LogP contribution in [0.2, 0.25) is 5.02 Å². The van der Waals surface area contributed by atoms with Gasteiger partial charge in [-0.3, -0.25) is 4.79 Å². The van der Waals surface area contributed by atoms with Crippen molar-refractivity contribution < 1.29 is 18.3 Å². The van der Waals surface area contributed by atoms with Gasteiger partial charge in [-0.05, 0) is 55.3 Å². The Morgan fingerprint density at radius 3 is 2.53 bits per heavy atom. The lowest BCUT2D eigenvalue weighted by molar-refractivity contribution is -0.143. The summed E-state index contributed by atoms with van der Waals surface area (Å²) in [4.78, 5) is 12.3. The molecule has 2 aromatic carbocycles. The summed E-state index contributed by atoms with van der Waals surface area (Å²) in [6, 6.07) is 13.4. The number of carboxylic acid groups (broad SMARTS) is 1. The zero-order chi connectivity index (χ0) is 23.3. The second-order valence-corrected chi connectivity index (χ2v) is 11.9. The van der Waals surface area contributed by atoms with Gasteiger partial charge in [0.1, 0.15) is 0 Å². The van der Waals surface area contributed by atoms with E-state index in [1.807, 2.05) is 13.0 Å². The van der Waals surface area contributed by atoms with Crippen LogP contribution in [-0.4, -0.2) is 41.3 Å². The predicted molar refractivity (Wildman–Crippen MR) is 131 cm³/mol. The van der Waals surface area contributed by atoms with Gasteiger partial charge < -0.3 is 5.11 Å². The van der Waals surface area contributed by atoms with Crippen molar-refractivity contribution >= 4 is 39.4 Å². The maximum absolute atomic E-state index is 13.6. The Morgan fingerprint density at radius 2 is 1.91 bits per heavy atom. The summed E-state index contributed by atoms with van der Waals surface area (Å²) < 4.78 is 28.6. The summed E-state index contributed by atoms with van der Waals surface area (Å²) in [5, 5.41) is 10.3. The van der Waals surface area contributed by atoms with E-state index >= 15 is 0 Å². The Labute approximate surface area is 200 Å². The van der Waals surface area contributed by atoms with E-state index < -0.39 is 28.0 Å². The van der Waals surface area contributed by atoms with Crippen molar-refractivity contribution in [1.29, 1.82) is 0 Å². The maximum atomic E-state index is 13.6. The molecule has 3 rings (SSSR count). The fraction of sp³-hybridized carbons (Fsp3) is 0.458. The summed E-state index contributed by atoms with van der Waals surface area (Å²) in [7, 11) is -3.89. The Balaban J connectivity index is 1.99. The summed E-state index contributed by atoms with van der Waals surface area (Å²) >= 11 is 7.88. The zero-order valence-electron chi connectivity index (χ0n) is 18.4. The van der Waals surface area contributed by atoms with Crippen molar-refractivity contribution in [3.8, 4) is 0 Å². The Hall–Kier alpha value is -1.54. The van der Waals surface area contributed by atoms with Crippen molar-refractivity contribution in [2.75, 3.05) is 12.3 Å². The quantitative estimate of drug-likeness (QED) is 0.446. The molecule has 8 heteroatoms. The monoisotopic (exact) mass is 495 g/mol. The molecule has 32 heavy (non-hydrogen) atoms. The van der Waals surface area contributed by atoms with Gasteiger partial charge in [0.25, 0.3) is 0 Å². The molecule has 2 aromatic rings. The van der Waals surface area contributed by atoms with Crippen LogP contribution in [0.1, 0.15) is 49.8 Å². The van der Waals surface area contributed by atoms with E-state index in [0.717, 1.165) is 36.1 Å². The zero-order valence-corrected chi connectivity index (χ0v) is 20.8. The van der Waals surface area contributed by atoms with Gasteiger partial charge in [0.2, 0.25) is 10.0 Å². The van der Waals surface area contributed by atoms with E-state index in [2.05, 4.69) is 6.92 Å². The van der Waals surface area contributed by atoms with Crippen molar-refractivity contribution in [1.82, 2.24) is 4.31 Å². The predicted octanol–water partition coefficient (Wildman–Crippen LogP) is 5.78. The third kappa shape index (κ3) is 5.87. The molecule has 1 heterocycles. The molecular formula is C24H30ClNO4S2. The standard InChI is InChI=1S/C24H30ClNO4S2/c1-3-4-5-13-31-23-15-22(18-7-6-8-19(25)14-18)26(16-21(23)24(27)28)32(29,30)20-11-9-17(2)10-12-20/h6-12,14,21-23H,3-5,13,15-16H2,1-2H3,(H,27,28)/t21-,22+,23-/m1/s1. The molecule has 0 unspecified atom stereocenters. The normalized spacial score (nSPS) is 22.0. The highest BCUT2D eigenvalue weighted by Gasteiger charge is 2.45. The van der Waals surface area contributed by atoms with Gasteiger partial charge in [-0.15, -0.1) is 0 Å². The van der Waals surface area contributed by atoms with E-state index in [1.54, 1.807) is 54.2 Å². The number of piperidine rings is 1. The molecule has 1 saturated heterocycles. The van der Waals surface area contributed by atoms with Gasteiger partial charge in [0.05, 0.1) is 16.9 Å². The number of halogens is 1. The van der Waals surface area contributed by atoms with E-state index in [4.69, 9.17) is 11.6 Å². The number of carboxylic acids is 1. The number of carbonyl (C=O) groups is 1. The lowest BCUT2D eigenvalue weighted by Crippen LogP contribution is -2.49. The van der Waals surface area contributed by atoms with E-state index in [-0.39, 0.29) is 16.7 Å². The third-order valence-electron chi connectivity index (χ3n) is 5.89. The van der Waals surface area contributed by atoms with Crippen LogP contribution in [0.15, 0.2) is 53.4 Å². The van der Waals surface area contributed by atoms with Crippen LogP contribution in [0.3, 0.4) is 0 Å². The molecule has 5 nitrogen and oxygen atoms in total. The molecule has 1 fully saturated rings. The average molecular weight is 496 g/mol. The molecule has 0 radical (unpaired) electrons. The van der Waals surface area contributed by atoms with Crippen LogP contribution in [-0.2, 0) is 14.8 Å². The second kappa shape index (κ2) is 11.1. The average Bonchev–Trinajstić information content (AvgIpc) is 2.76. The smallest absolute Gasteiger partial charge is 0.308 e. The molecule has 1 aliphatic heterocycles. The van der Waals surface area contributed by atoms with Gasteiger partial charge in [-0.25, -0.2) is 8.42 Å². The van der Waals surface area contributed by atoms with Gasteiger partial charge in [-0.2, -0.15) is 16.1 Å². The van der Waals surface area contributed by atoms with Crippen LogP contribution < -0.4 is 0 Å². The van der Waals surface area contributed by atoms with Crippen LogP contribution in [0.25, 0.3) is 0 Å². The summed E-state index contributed by atoms with van der Waals surface area (Å²) in [5.74, 6) is -0.848. The summed E-state index contributed by atoms with van der Waals surface area (Å²) in [6.07, 6.45) is 3.65. The molecule has 0 aliphatic carbocycles. The lowest BCUT2D eigenvalue weighted by atomic mass is 9.90. The molecule has 1 aliphatic rings. The number of aliphatic carboxylic acids is 1. The number of aryl methyl sites for hydroxylation is 1. The van der Waals surface area contributed by atoms with E-state index in [0.29, 0.717) is 11.4 Å². The van der Waals surface area contributed by atoms with Crippen LogP contribution in [0.4, 0.5) is 0 Å². The molecule has 0 amide bonds. The van der Waals surface area contributed by atoms with Gasteiger partial charge in [0, 0.05) is 16.8 Å². The molecule has 0 bridgehead atoms. The van der Waals surface area contributed by atoms with E-state index in [9.17, 15) is 18.3 Å². The number of sulfonamides is 1. The van der Waals surface area contributed by atoms with E-state index in [1.165, 1.54) is 4.31 Å². The van der Waals surface area contributed by atoms with Crippen LogP contribution in [0.5, 0.6) is 0 Å². The summed E-state index contributed by atoms with van der Waals surface area (Å²) in [5.41, 5.74) is 1.75. The van der Waals surface area contributed by atoms with Crippen molar-refractivity contribution in [3.05, 3.63) is 64.7 Å². The number of nitrogens with zero attached hydrogens (tertiary/aromatic N) is 1. The first-order chi connectivity index (χ1) is 15.2. The van der Waals surface area contributed by atoms with Gasteiger partial charge >= 0.3 is 5.97 Å². The minimum absolute atomic E-state index is 0.0613. The first-order valence-electron chi connectivity index (χ1n) is 10.9. The molecule has 174 valence electrons. The van der Waals surface area contributed by atoms with Crippen LogP contribution >= 0.6 is 23.4 Å². The highest BCUT2D eigenvalue weighted by Crippen LogP contribution is 2.42. The molecular weight excluding hydrogens is 466 g/mol. The number of rotatable bonds is 9. The number of thioether (sulfide) groups is 1. The Morgan fingerprint density at radius 1 is 1.19 bits per heavy atom. The highest BCUT2D eigenvalue weighted by atomic mass is 35.5. The minimum atomic E-state index is -3.89. The SMILES string of the molecule is CCCCCS[C@@H]1C[C@@H](c2cccc(Cl)c2)N(S(=O)(=O)c2ccc(C)cc2)C[C@H]1C(=O)O. The topological polar surface area (TPSA) is 74.7 Å². The van der Waals surface area contributed by atoms with Crippen LogP contribution in [0, 0.1) is 12.8 Å². The number of hydrogen-bond donors (Lipinski definition) is 1. The van der Waals surface area contributed by atoms with Gasteiger partial charge in [0.15, 0.2) is 0 Å². The number of hydrogen-bond acceptors (Lipinski definition) is 4. The minimum Gasteiger partial charge on any atom is -0.481 e. The van der Waals surface area contributed by atoms with Crippen molar-refractivity contribution in [2.24, 2.45) is 5.92 Å². The lowest BCUT2D eigenvalue weighted by Gasteiger charge is -2.42. The maximum Gasteiger partial charge on any atom is 0.308 e. The first-order valence-corrected chi connectivity index (χ1v) is 13.8. The number of unbranched alkanes of at least 4 members (excludes halogenated alkanes) is 2. The van der Waals surface area contributed by atoms with Gasteiger partial charge in [-0.1, -0.05) is 61.2 Å². The Kier molecular flexibility index (Phi) is 8.67. The fourth-order valence-corrected chi connectivity index (χ4v) is 7.35. The molecule has 0 aromatic heterocycles. The summed E-state index contributed by atoms with van der Waals surface area (Å²) in [6.45, 7) is 3.97.